The molecule has 0 aliphatic carbocycles. The molecule has 0 unspecified atom stereocenters. The molecule has 0 heterocycles. The molecule has 0 spiro atoms. The first-order valence-electron chi connectivity index (χ1n) is 10.3. The molecule has 0 radical (unpaired) electrons. The highest BCUT2D eigenvalue weighted by Gasteiger charge is 2.22. The van der Waals surface area contributed by atoms with Crippen molar-refractivity contribution < 1.29 is 28.5 Å². The van der Waals surface area contributed by atoms with Crippen LogP contribution in [0.15, 0.2) is 42.5 Å². The molecule has 0 fully saturated rings. The summed E-state index contributed by atoms with van der Waals surface area (Å²) in [5, 5.41) is 2.67. The fourth-order valence-corrected chi connectivity index (χ4v) is 3.32. The van der Waals surface area contributed by atoms with Crippen LogP contribution >= 0.6 is 0 Å². The van der Waals surface area contributed by atoms with Gasteiger partial charge in [0.25, 0.3) is 0 Å². The summed E-state index contributed by atoms with van der Waals surface area (Å²) in [4.78, 5) is 24.5. The van der Waals surface area contributed by atoms with E-state index >= 15 is 0 Å². The maximum atomic E-state index is 12.3. The van der Waals surface area contributed by atoms with Crippen molar-refractivity contribution in [2.75, 3.05) is 13.2 Å². The fraction of sp³-hybridized carbons (Fsp3) is 0.333. The van der Waals surface area contributed by atoms with Crippen LogP contribution in [0.3, 0.4) is 0 Å². The highest BCUT2D eigenvalue weighted by atomic mass is 16.7. The van der Waals surface area contributed by atoms with E-state index in [1.807, 2.05) is 63.2 Å². The molecule has 0 saturated carbocycles. The molecule has 3 aromatic carbocycles. The van der Waals surface area contributed by atoms with E-state index in [0.717, 1.165) is 5.56 Å². The molecular weight excluding hydrogens is 384 g/mol. The summed E-state index contributed by atoms with van der Waals surface area (Å²) in [5.41, 5.74) is 0.961. The average molecular weight is 410 g/mol. The molecule has 0 aromatic heterocycles. The summed E-state index contributed by atoms with van der Waals surface area (Å²) in [6, 6.07) is 13.0. The van der Waals surface area contributed by atoms with E-state index in [1.54, 1.807) is 0 Å². The number of aryl methyl sites for hydroxylation is 1. The van der Waals surface area contributed by atoms with Gasteiger partial charge in [0.15, 0.2) is 5.75 Å². The third-order valence-electron chi connectivity index (χ3n) is 4.64. The predicted molar refractivity (Wildman–Crippen MR) is 115 cm³/mol. The van der Waals surface area contributed by atoms with Gasteiger partial charge in [-0.05, 0) is 24.8 Å². The molecule has 6 nitrogen and oxygen atoms in total. The van der Waals surface area contributed by atoms with Crippen LogP contribution in [0.1, 0.15) is 39.2 Å². The van der Waals surface area contributed by atoms with Gasteiger partial charge in [-0.15, -0.1) is 0 Å². The molecule has 0 aliphatic rings. The third-order valence-corrected chi connectivity index (χ3v) is 4.64. The monoisotopic (exact) mass is 410 g/mol. The molecule has 0 bridgehead atoms. The Bertz CT molecular complexity index is 1060. The van der Waals surface area contributed by atoms with Gasteiger partial charge in [0.1, 0.15) is 5.75 Å². The number of benzene rings is 3. The van der Waals surface area contributed by atoms with Crippen LogP contribution in [0.5, 0.6) is 11.5 Å². The second-order valence-electron chi connectivity index (χ2n) is 6.80. The lowest BCUT2D eigenvalue weighted by Crippen LogP contribution is -2.13. The van der Waals surface area contributed by atoms with Gasteiger partial charge in [-0.3, -0.25) is 0 Å². The maximum absolute atomic E-state index is 12.3. The molecular formula is C24H26O6. The smallest absolute Gasteiger partial charge is 0.434 e. The summed E-state index contributed by atoms with van der Waals surface area (Å²) in [6.07, 6.45) is 0.578. The van der Waals surface area contributed by atoms with Gasteiger partial charge in [0, 0.05) is 21.5 Å². The molecule has 3 rings (SSSR count). The van der Waals surface area contributed by atoms with Crippen molar-refractivity contribution in [2.24, 2.45) is 0 Å². The standard InChI is InChI=1S/C24H26O6/c1-4-14-27-23(25)29-21-17-11-7-8-12-18(17)22(30-24(26)28-15-5-2)20-16(6-3)10-9-13-19(20)21/h7-13H,4-6,14-15H2,1-3H3. The van der Waals surface area contributed by atoms with Gasteiger partial charge >= 0.3 is 12.3 Å². The Balaban J connectivity index is 2.23. The van der Waals surface area contributed by atoms with Crippen LogP contribution in [0, 0.1) is 0 Å². The molecule has 0 amide bonds. The number of hydrogen-bond acceptors (Lipinski definition) is 6. The normalized spacial score (nSPS) is 10.8. The zero-order valence-electron chi connectivity index (χ0n) is 17.5. The number of rotatable bonds is 7. The van der Waals surface area contributed by atoms with Crippen LogP contribution in [-0.2, 0) is 15.9 Å². The Hall–Kier alpha value is -3.28. The fourth-order valence-electron chi connectivity index (χ4n) is 3.32. The summed E-state index contributed by atoms with van der Waals surface area (Å²) < 4.78 is 21.6. The lowest BCUT2D eigenvalue weighted by Gasteiger charge is -2.18. The van der Waals surface area contributed by atoms with Gasteiger partial charge in [-0.25, -0.2) is 9.59 Å². The zero-order chi connectivity index (χ0) is 21.5. The SMILES string of the molecule is CCCOC(=O)Oc1c2ccccc2c(OC(=O)OCCC)c2c(CC)cccc12. The Labute approximate surface area is 175 Å². The first-order valence-corrected chi connectivity index (χ1v) is 10.3. The van der Waals surface area contributed by atoms with Crippen molar-refractivity contribution in [1.82, 2.24) is 0 Å². The topological polar surface area (TPSA) is 71.1 Å². The maximum Gasteiger partial charge on any atom is 0.513 e. The molecule has 0 saturated heterocycles. The van der Waals surface area contributed by atoms with Gasteiger partial charge in [-0.2, -0.15) is 0 Å². The van der Waals surface area contributed by atoms with Crippen molar-refractivity contribution in [3.05, 3.63) is 48.0 Å². The van der Waals surface area contributed by atoms with E-state index in [2.05, 4.69) is 0 Å². The summed E-state index contributed by atoms with van der Waals surface area (Å²) in [6.45, 7) is 6.39. The number of fused-ring (bicyclic) bond motifs is 2. The average Bonchev–Trinajstić information content (AvgIpc) is 2.77. The molecule has 158 valence electrons. The largest absolute Gasteiger partial charge is 0.513 e. The summed E-state index contributed by atoms with van der Waals surface area (Å²) >= 11 is 0. The number of carbonyl (C=O) groups excluding carboxylic acids is 2. The highest BCUT2D eigenvalue weighted by molar-refractivity contribution is 6.13. The summed E-state index contributed by atoms with van der Waals surface area (Å²) in [5.74, 6) is 0.778. The number of carbonyl (C=O) groups is 2. The molecule has 3 aromatic rings. The molecule has 0 aliphatic heterocycles. The van der Waals surface area contributed by atoms with E-state index in [0.29, 0.717) is 52.3 Å². The van der Waals surface area contributed by atoms with E-state index < -0.39 is 12.3 Å². The van der Waals surface area contributed by atoms with Crippen molar-refractivity contribution in [3.8, 4) is 11.5 Å². The minimum absolute atomic E-state index is 0.277. The van der Waals surface area contributed by atoms with Crippen molar-refractivity contribution in [1.29, 1.82) is 0 Å². The second kappa shape index (κ2) is 9.96. The van der Waals surface area contributed by atoms with Crippen molar-refractivity contribution in [2.45, 2.75) is 40.0 Å². The molecule has 30 heavy (non-hydrogen) atoms. The molecule has 6 heteroatoms. The van der Waals surface area contributed by atoms with Crippen LogP contribution in [-0.4, -0.2) is 25.5 Å². The van der Waals surface area contributed by atoms with Gasteiger partial charge in [-0.1, -0.05) is 63.2 Å². The minimum Gasteiger partial charge on any atom is -0.434 e. The van der Waals surface area contributed by atoms with Gasteiger partial charge in [0.2, 0.25) is 0 Å². The van der Waals surface area contributed by atoms with Crippen molar-refractivity contribution >= 4 is 33.9 Å². The Morgan fingerprint density at radius 3 is 1.80 bits per heavy atom. The second-order valence-corrected chi connectivity index (χ2v) is 6.80. The van der Waals surface area contributed by atoms with Gasteiger partial charge < -0.3 is 18.9 Å². The van der Waals surface area contributed by atoms with Crippen LogP contribution in [0.2, 0.25) is 0 Å². The minimum atomic E-state index is -0.763. The van der Waals surface area contributed by atoms with Crippen LogP contribution < -0.4 is 9.47 Å². The third kappa shape index (κ3) is 4.48. The van der Waals surface area contributed by atoms with Gasteiger partial charge in [0.05, 0.1) is 13.2 Å². The first-order chi connectivity index (χ1) is 14.6. The Kier molecular flexibility index (Phi) is 7.12. The highest BCUT2D eigenvalue weighted by Crippen LogP contribution is 2.44. The molecule has 0 N–H and O–H groups in total. The number of ether oxygens (including phenoxy) is 4. The Morgan fingerprint density at radius 2 is 1.23 bits per heavy atom. The lowest BCUT2D eigenvalue weighted by atomic mass is 9.96. The quantitative estimate of drug-likeness (QED) is 0.255. The Morgan fingerprint density at radius 1 is 0.700 bits per heavy atom. The molecule has 0 atom stereocenters. The number of hydrogen-bond donors (Lipinski definition) is 0. The van der Waals surface area contributed by atoms with Crippen molar-refractivity contribution in [3.63, 3.8) is 0 Å². The predicted octanol–water partition coefficient (Wildman–Crippen LogP) is 6.41. The van der Waals surface area contributed by atoms with Crippen LogP contribution in [0.25, 0.3) is 21.5 Å². The van der Waals surface area contributed by atoms with E-state index in [-0.39, 0.29) is 13.2 Å². The van der Waals surface area contributed by atoms with E-state index in [4.69, 9.17) is 18.9 Å². The van der Waals surface area contributed by atoms with Crippen LogP contribution in [0.4, 0.5) is 9.59 Å². The zero-order valence-corrected chi connectivity index (χ0v) is 17.5. The first kappa shape index (κ1) is 21.4. The summed E-state index contributed by atoms with van der Waals surface area (Å²) in [7, 11) is 0. The lowest BCUT2D eigenvalue weighted by molar-refractivity contribution is 0.0984. The van der Waals surface area contributed by atoms with E-state index in [1.165, 1.54) is 0 Å². The van der Waals surface area contributed by atoms with E-state index in [9.17, 15) is 9.59 Å².